The van der Waals surface area contributed by atoms with Crippen molar-refractivity contribution in [3.63, 3.8) is 0 Å². The minimum Gasteiger partial charge on any atom is -0.422 e. The highest BCUT2D eigenvalue weighted by Crippen LogP contribution is 2.24. The van der Waals surface area contributed by atoms with Crippen LogP contribution in [0.25, 0.3) is 21.7 Å². The van der Waals surface area contributed by atoms with Gasteiger partial charge in [0.25, 0.3) is 0 Å². The molecule has 17 heavy (non-hydrogen) atoms. The Kier molecular flexibility index (Phi) is 2.05. The number of fused-ring (bicyclic) bond motifs is 3. The maximum Gasteiger partial charge on any atom is 0.344 e. The Morgan fingerprint density at radius 1 is 0.824 bits per heavy atom. The number of hydrogen-bond acceptors (Lipinski definition) is 2. The van der Waals surface area contributed by atoms with Gasteiger partial charge in [-0.15, -0.1) is 0 Å². The first-order chi connectivity index (χ1) is 8.15. The summed E-state index contributed by atoms with van der Waals surface area (Å²) in [6.45, 7) is 4.06. The lowest BCUT2D eigenvalue weighted by molar-refractivity contribution is 0.569. The fourth-order valence-electron chi connectivity index (χ4n) is 2.16. The van der Waals surface area contributed by atoms with Crippen molar-refractivity contribution in [1.29, 1.82) is 0 Å². The Labute approximate surface area is 98.5 Å². The van der Waals surface area contributed by atoms with Gasteiger partial charge in [0.2, 0.25) is 0 Å². The quantitative estimate of drug-likeness (QED) is 0.431. The van der Waals surface area contributed by atoms with E-state index in [-0.39, 0.29) is 5.63 Å². The molecule has 0 spiro atoms. The second-order valence-electron chi connectivity index (χ2n) is 4.44. The lowest BCUT2D eigenvalue weighted by atomic mass is 10.0. The molecule has 0 radical (unpaired) electrons. The van der Waals surface area contributed by atoms with Crippen LogP contribution in [0.1, 0.15) is 11.1 Å². The van der Waals surface area contributed by atoms with Crippen LogP contribution in [0.3, 0.4) is 0 Å². The van der Waals surface area contributed by atoms with Gasteiger partial charge in [0.15, 0.2) is 0 Å². The predicted molar refractivity (Wildman–Crippen MR) is 69.5 cm³/mol. The highest BCUT2D eigenvalue weighted by Gasteiger charge is 2.07. The summed E-state index contributed by atoms with van der Waals surface area (Å²) in [6.07, 6.45) is 0. The standard InChI is InChI=1S/C15H12O2/c1-9-3-5-11-12(7-9)13-8-10(2)4-6-14(13)17-15(11)16/h3-8H,1-2H3. The zero-order valence-corrected chi connectivity index (χ0v) is 9.78. The first-order valence-electron chi connectivity index (χ1n) is 5.59. The van der Waals surface area contributed by atoms with E-state index < -0.39 is 0 Å². The van der Waals surface area contributed by atoms with Gasteiger partial charge in [-0.05, 0) is 32.0 Å². The maximum atomic E-state index is 11.8. The lowest BCUT2D eigenvalue weighted by Gasteiger charge is -2.04. The van der Waals surface area contributed by atoms with Crippen molar-refractivity contribution < 1.29 is 4.42 Å². The third-order valence-electron chi connectivity index (χ3n) is 3.02. The topological polar surface area (TPSA) is 30.2 Å². The lowest BCUT2D eigenvalue weighted by Crippen LogP contribution is -1.99. The number of hydrogen-bond donors (Lipinski definition) is 0. The summed E-state index contributed by atoms with van der Waals surface area (Å²) in [7, 11) is 0. The van der Waals surface area contributed by atoms with Crippen molar-refractivity contribution in [3.05, 3.63) is 57.9 Å². The van der Waals surface area contributed by atoms with Crippen LogP contribution in [0.2, 0.25) is 0 Å². The molecule has 1 aromatic heterocycles. The van der Waals surface area contributed by atoms with Crippen molar-refractivity contribution in [2.45, 2.75) is 13.8 Å². The molecule has 0 fully saturated rings. The molecule has 0 unspecified atom stereocenters. The maximum absolute atomic E-state index is 11.8. The van der Waals surface area contributed by atoms with Crippen molar-refractivity contribution in [1.82, 2.24) is 0 Å². The van der Waals surface area contributed by atoms with Crippen LogP contribution in [0.4, 0.5) is 0 Å². The van der Waals surface area contributed by atoms with Gasteiger partial charge in [0.1, 0.15) is 5.58 Å². The monoisotopic (exact) mass is 224 g/mol. The third kappa shape index (κ3) is 1.53. The summed E-state index contributed by atoms with van der Waals surface area (Å²) in [5.74, 6) is 0. The van der Waals surface area contributed by atoms with Gasteiger partial charge < -0.3 is 4.42 Å². The molecule has 0 amide bonds. The molecule has 3 aromatic rings. The third-order valence-corrected chi connectivity index (χ3v) is 3.02. The fraction of sp³-hybridized carbons (Fsp3) is 0.133. The van der Waals surface area contributed by atoms with E-state index in [9.17, 15) is 4.79 Å². The van der Waals surface area contributed by atoms with Crippen LogP contribution in [-0.2, 0) is 0 Å². The SMILES string of the molecule is Cc1ccc2oc(=O)c3ccc(C)cc3c2c1. The van der Waals surface area contributed by atoms with Crippen LogP contribution in [-0.4, -0.2) is 0 Å². The highest BCUT2D eigenvalue weighted by atomic mass is 16.4. The average molecular weight is 224 g/mol. The van der Waals surface area contributed by atoms with Crippen LogP contribution in [0.15, 0.2) is 45.6 Å². The van der Waals surface area contributed by atoms with Gasteiger partial charge in [-0.25, -0.2) is 4.79 Å². The van der Waals surface area contributed by atoms with E-state index in [0.717, 1.165) is 21.9 Å². The number of aryl methyl sites for hydroxylation is 2. The predicted octanol–water partition coefficient (Wildman–Crippen LogP) is 3.56. The van der Waals surface area contributed by atoms with E-state index in [1.165, 1.54) is 0 Å². The Hall–Kier alpha value is -2.09. The molecule has 2 aromatic carbocycles. The van der Waals surface area contributed by atoms with E-state index >= 15 is 0 Å². The van der Waals surface area contributed by atoms with Crippen molar-refractivity contribution >= 4 is 21.7 Å². The molecule has 2 heteroatoms. The minimum absolute atomic E-state index is 0.267. The van der Waals surface area contributed by atoms with Gasteiger partial charge in [0.05, 0.1) is 5.39 Å². The number of benzene rings is 2. The number of rotatable bonds is 0. The van der Waals surface area contributed by atoms with E-state index in [4.69, 9.17) is 4.42 Å². The van der Waals surface area contributed by atoms with Crippen molar-refractivity contribution in [2.24, 2.45) is 0 Å². The Morgan fingerprint density at radius 2 is 1.47 bits per heavy atom. The van der Waals surface area contributed by atoms with Gasteiger partial charge in [-0.1, -0.05) is 29.3 Å². The van der Waals surface area contributed by atoms with Crippen molar-refractivity contribution in [2.75, 3.05) is 0 Å². The fourth-order valence-corrected chi connectivity index (χ4v) is 2.16. The average Bonchev–Trinajstić information content (AvgIpc) is 2.30. The minimum atomic E-state index is -0.267. The van der Waals surface area contributed by atoms with Crippen LogP contribution < -0.4 is 5.63 Å². The summed E-state index contributed by atoms with van der Waals surface area (Å²) in [5, 5.41) is 2.62. The Bertz CT molecular complexity index is 782. The molecule has 0 bridgehead atoms. The molecule has 0 aliphatic heterocycles. The second-order valence-corrected chi connectivity index (χ2v) is 4.44. The molecule has 1 heterocycles. The molecule has 2 nitrogen and oxygen atoms in total. The summed E-state index contributed by atoms with van der Waals surface area (Å²) >= 11 is 0. The highest BCUT2D eigenvalue weighted by molar-refractivity contribution is 6.04. The molecule has 3 rings (SSSR count). The van der Waals surface area contributed by atoms with Crippen molar-refractivity contribution in [3.8, 4) is 0 Å². The smallest absolute Gasteiger partial charge is 0.344 e. The summed E-state index contributed by atoms with van der Waals surface area (Å²) in [4.78, 5) is 11.8. The van der Waals surface area contributed by atoms with E-state index in [0.29, 0.717) is 11.0 Å². The molecular formula is C15H12O2. The second kappa shape index (κ2) is 3.45. The molecule has 0 aliphatic carbocycles. The molecule has 0 saturated heterocycles. The normalized spacial score (nSPS) is 11.2. The zero-order valence-electron chi connectivity index (χ0n) is 9.78. The Balaban J connectivity index is 2.64. The molecule has 0 atom stereocenters. The molecular weight excluding hydrogens is 212 g/mol. The van der Waals surface area contributed by atoms with Crippen LogP contribution >= 0.6 is 0 Å². The summed E-state index contributed by atoms with van der Waals surface area (Å²) < 4.78 is 5.31. The van der Waals surface area contributed by atoms with Gasteiger partial charge in [-0.3, -0.25) is 0 Å². The first kappa shape index (κ1) is 10.1. The van der Waals surface area contributed by atoms with Gasteiger partial charge in [0, 0.05) is 10.8 Å². The molecule has 0 N–H and O–H groups in total. The van der Waals surface area contributed by atoms with Gasteiger partial charge in [-0.2, -0.15) is 0 Å². The molecule has 84 valence electrons. The van der Waals surface area contributed by atoms with E-state index in [2.05, 4.69) is 6.07 Å². The van der Waals surface area contributed by atoms with Gasteiger partial charge >= 0.3 is 5.63 Å². The molecule has 0 aliphatic rings. The van der Waals surface area contributed by atoms with E-state index in [1.807, 2.05) is 44.2 Å². The summed E-state index contributed by atoms with van der Waals surface area (Å²) in [6, 6.07) is 11.7. The largest absolute Gasteiger partial charge is 0.422 e. The zero-order chi connectivity index (χ0) is 12.0. The van der Waals surface area contributed by atoms with Crippen LogP contribution in [0, 0.1) is 13.8 Å². The summed E-state index contributed by atoms with van der Waals surface area (Å²) in [5.41, 5.74) is 2.69. The van der Waals surface area contributed by atoms with E-state index in [1.54, 1.807) is 0 Å². The Morgan fingerprint density at radius 3 is 2.24 bits per heavy atom. The molecule has 0 saturated carbocycles. The first-order valence-corrected chi connectivity index (χ1v) is 5.59. The van der Waals surface area contributed by atoms with Crippen LogP contribution in [0.5, 0.6) is 0 Å².